The molecule has 1 aromatic carbocycles. The number of carbonyl (C=O) groups is 2. The summed E-state index contributed by atoms with van der Waals surface area (Å²) in [6.07, 6.45) is 3.57. The van der Waals surface area contributed by atoms with Crippen LogP contribution in [0.15, 0.2) is 18.2 Å². The maximum absolute atomic E-state index is 11.5. The van der Waals surface area contributed by atoms with Gasteiger partial charge < -0.3 is 16.2 Å². The predicted molar refractivity (Wildman–Crippen MR) is 81.5 cm³/mol. The number of aliphatic carboxylic acids is 1. The van der Waals surface area contributed by atoms with Crippen molar-refractivity contribution in [2.75, 3.05) is 11.9 Å². The lowest BCUT2D eigenvalue weighted by Gasteiger charge is -2.29. The van der Waals surface area contributed by atoms with Crippen LogP contribution in [0.3, 0.4) is 0 Å². The maximum Gasteiger partial charge on any atom is 0.306 e. The molecule has 0 radical (unpaired) electrons. The smallest absolute Gasteiger partial charge is 0.306 e. The molecule has 0 aromatic heterocycles. The third kappa shape index (κ3) is 3.67. The van der Waals surface area contributed by atoms with Gasteiger partial charge in [-0.1, -0.05) is 30.5 Å². The Bertz CT molecular complexity index is 548. The van der Waals surface area contributed by atoms with E-state index in [0.29, 0.717) is 23.7 Å². The first-order valence-electron chi connectivity index (χ1n) is 7.05. The van der Waals surface area contributed by atoms with Crippen molar-refractivity contribution in [3.63, 3.8) is 0 Å². The number of hydrogen-bond donors (Lipinski definition) is 3. The molecule has 114 valence electrons. The number of anilines is 1. The molecule has 1 aliphatic rings. The van der Waals surface area contributed by atoms with Gasteiger partial charge in [0.1, 0.15) is 0 Å². The zero-order valence-electron chi connectivity index (χ0n) is 11.6. The Hall–Kier alpha value is -1.75. The van der Waals surface area contributed by atoms with Crippen LogP contribution in [0.4, 0.5) is 5.69 Å². The Morgan fingerprint density at radius 3 is 2.71 bits per heavy atom. The van der Waals surface area contributed by atoms with Crippen LogP contribution in [0, 0.1) is 11.8 Å². The Morgan fingerprint density at radius 1 is 1.33 bits per heavy atom. The fraction of sp³-hybridized carbons (Fsp3) is 0.467. The average molecular weight is 311 g/mol. The number of carbonyl (C=O) groups excluding carboxylic acids is 1. The van der Waals surface area contributed by atoms with Crippen LogP contribution in [0.1, 0.15) is 36.0 Å². The van der Waals surface area contributed by atoms with Crippen LogP contribution >= 0.6 is 11.6 Å². The van der Waals surface area contributed by atoms with Crippen molar-refractivity contribution in [2.24, 2.45) is 17.6 Å². The summed E-state index contributed by atoms with van der Waals surface area (Å²) in [6.45, 7) is 0.498. The molecule has 4 N–H and O–H groups in total. The van der Waals surface area contributed by atoms with Crippen molar-refractivity contribution < 1.29 is 14.7 Å². The number of benzene rings is 1. The number of amides is 1. The SMILES string of the molecule is NC(=O)c1c(Cl)cccc1NCC1CCCCC1C(=O)O. The highest BCUT2D eigenvalue weighted by Crippen LogP contribution is 2.31. The number of carboxylic acids is 1. The van der Waals surface area contributed by atoms with Crippen LogP contribution < -0.4 is 11.1 Å². The van der Waals surface area contributed by atoms with Crippen molar-refractivity contribution in [1.82, 2.24) is 0 Å². The summed E-state index contributed by atoms with van der Waals surface area (Å²) < 4.78 is 0. The second-order valence-electron chi connectivity index (χ2n) is 5.40. The first-order chi connectivity index (χ1) is 10.0. The summed E-state index contributed by atoms with van der Waals surface area (Å²) in [6, 6.07) is 5.06. The van der Waals surface area contributed by atoms with Gasteiger partial charge in [-0.2, -0.15) is 0 Å². The summed E-state index contributed by atoms with van der Waals surface area (Å²) >= 11 is 5.99. The van der Waals surface area contributed by atoms with Crippen LogP contribution in [-0.4, -0.2) is 23.5 Å². The van der Waals surface area contributed by atoms with Gasteiger partial charge in [0, 0.05) is 12.2 Å². The lowest BCUT2D eigenvalue weighted by molar-refractivity contribution is -0.144. The van der Waals surface area contributed by atoms with E-state index >= 15 is 0 Å². The Morgan fingerprint density at radius 2 is 2.05 bits per heavy atom. The summed E-state index contributed by atoms with van der Waals surface area (Å²) in [5.41, 5.74) is 6.15. The van der Waals surface area contributed by atoms with Crippen molar-refractivity contribution in [3.05, 3.63) is 28.8 Å². The van der Waals surface area contributed by atoms with E-state index in [4.69, 9.17) is 17.3 Å². The standard InChI is InChI=1S/C15H19ClN2O3/c16-11-6-3-7-12(13(11)14(17)19)18-8-9-4-1-2-5-10(9)15(20)21/h3,6-7,9-10,18H,1-2,4-5,8H2,(H2,17,19)(H,20,21). The normalized spacial score (nSPS) is 21.8. The molecule has 1 saturated carbocycles. The molecule has 0 bridgehead atoms. The van der Waals surface area contributed by atoms with Crippen LogP contribution in [-0.2, 0) is 4.79 Å². The van der Waals surface area contributed by atoms with Gasteiger partial charge in [0.2, 0.25) is 0 Å². The van der Waals surface area contributed by atoms with Gasteiger partial charge in [-0.15, -0.1) is 0 Å². The topological polar surface area (TPSA) is 92.4 Å². The minimum atomic E-state index is -0.747. The Labute approximate surface area is 128 Å². The second kappa shape index (κ2) is 6.80. The monoisotopic (exact) mass is 310 g/mol. The zero-order chi connectivity index (χ0) is 15.4. The number of nitrogens with one attached hydrogen (secondary N) is 1. The van der Waals surface area contributed by atoms with Crippen molar-refractivity contribution in [3.8, 4) is 0 Å². The molecule has 1 amide bonds. The maximum atomic E-state index is 11.5. The fourth-order valence-corrected chi connectivity index (χ4v) is 3.21. The number of nitrogens with two attached hydrogens (primary N) is 1. The van der Waals surface area contributed by atoms with Gasteiger partial charge >= 0.3 is 5.97 Å². The van der Waals surface area contributed by atoms with Gasteiger partial charge in [-0.05, 0) is 30.9 Å². The molecule has 1 aliphatic carbocycles. The van der Waals surface area contributed by atoms with E-state index in [1.54, 1.807) is 18.2 Å². The molecule has 0 spiro atoms. The molecular weight excluding hydrogens is 292 g/mol. The van der Waals surface area contributed by atoms with Gasteiger partial charge in [0.25, 0.3) is 5.91 Å². The third-order valence-corrected chi connectivity index (χ3v) is 4.36. The largest absolute Gasteiger partial charge is 0.481 e. The summed E-state index contributed by atoms with van der Waals surface area (Å²) in [4.78, 5) is 22.8. The predicted octanol–water partition coefficient (Wildman–Crippen LogP) is 2.74. The molecule has 1 fully saturated rings. The van der Waals surface area contributed by atoms with Gasteiger partial charge in [0.15, 0.2) is 0 Å². The molecule has 2 atom stereocenters. The number of primary amides is 1. The van der Waals surface area contributed by atoms with E-state index in [-0.39, 0.29) is 17.4 Å². The van der Waals surface area contributed by atoms with E-state index < -0.39 is 11.9 Å². The molecule has 21 heavy (non-hydrogen) atoms. The first-order valence-corrected chi connectivity index (χ1v) is 7.43. The Balaban J connectivity index is 2.10. The number of rotatable bonds is 5. The molecule has 1 aromatic rings. The van der Waals surface area contributed by atoms with E-state index in [0.717, 1.165) is 19.3 Å². The van der Waals surface area contributed by atoms with E-state index in [2.05, 4.69) is 5.32 Å². The molecule has 0 heterocycles. The molecular formula is C15H19ClN2O3. The molecule has 0 saturated heterocycles. The third-order valence-electron chi connectivity index (χ3n) is 4.04. The average Bonchev–Trinajstić information content (AvgIpc) is 2.44. The van der Waals surface area contributed by atoms with E-state index in [1.807, 2.05) is 0 Å². The van der Waals surface area contributed by atoms with Crippen LogP contribution in [0.2, 0.25) is 5.02 Å². The summed E-state index contributed by atoms with van der Waals surface area (Å²) in [7, 11) is 0. The molecule has 0 aliphatic heterocycles. The van der Waals surface area contributed by atoms with Crippen LogP contribution in [0.25, 0.3) is 0 Å². The highest BCUT2D eigenvalue weighted by molar-refractivity contribution is 6.34. The lowest BCUT2D eigenvalue weighted by Crippen LogP contribution is -2.32. The molecule has 6 heteroatoms. The Kier molecular flexibility index (Phi) is 5.07. The van der Waals surface area contributed by atoms with Crippen molar-refractivity contribution in [2.45, 2.75) is 25.7 Å². The fourth-order valence-electron chi connectivity index (χ4n) is 2.94. The highest BCUT2D eigenvalue weighted by atomic mass is 35.5. The minimum absolute atomic E-state index is 0.0518. The lowest BCUT2D eigenvalue weighted by atomic mass is 9.79. The summed E-state index contributed by atoms with van der Waals surface area (Å²) in [5, 5.41) is 12.7. The van der Waals surface area contributed by atoms with Gasteiger partial charge in [0.05, 0.1) is 16.5 Å². The number of halogens is 1. The highest BCUT2D eigenvalue weighted by Gasteiger charge is 2.30. The first kappa shape index (κ1) is 15.6. The second-order valence-corrected chi connectivity index (χ2v) is 5.80. The number of hydrogen-bond acceptors (Lipinski definition) is 3. The number of carboxylic acid groups (broad SMARTS) is 1. The van der Waals surface area contributed by atoms with Gasteiger partial charge in [-0.3, -0.25) is 9.59 Å². The van der Waals surface area contributed by atoms with Crippen molar-refractivity contribution in [1.29, 1.82) is 0 Å². The van der Waals surface area contributed by atoms with Gasteiger partial charge in [-0.25, -0.2) is 0 Å². The summed E-state index contributed by atoms with van der Waals surface area (Å²) in [5.74, 6) is -1.62. The van der Waals surface area contributed by atoms with Crippen molar-refractivity contribution >= 4 is 29.2 Å². The molecule has 2 rings (SSSR count). The van der Waals surface area contributed by atoms with E-state index in [1.165, 1.54) is 0 Å². The minimum Gasteiger partial charge on any atom is -0.481 e. The molecule has 2 unspecified atom stereocenters. The van der Waals surface area contributed by atoms with E-state index in [9.17, 15) is 14.7 Å². The molecule has 5 nitrogen and oxygen atoms in total. The van der Waals surface area contributed by atoms with Crippen LogP contribution in [0.5, 0.6) is 0 Å². The zero-order valence-corrected chi connectivity index (χ0v) is 12.4. The quantitative estimate of drug-likeness (QED) is 0.779.